The number of amides is 3. The molecule has 0 radical (unpaired) electrons. The average molecular weight is 532 g/mol. The van der Waals surface area contributed by atoms with Crippen LogP contribution in [0.15, 0.2) is 24.3 Å². The lowest BCUT2D eigenvalue weighted by atomic mass is 9.78. The number of carbonyl (C=O) groups is 3. The maximum atomic E-state index is 13.0. The number of hydrogen-bond acceptors (Lipinski definition) is 7. The summed E-state index contributed by atoms with van der Waals surface area (Å²) < 4.78 is 12.2. The molecular weight excluding hydrogens is 485 g/mol. The van der Waals surface area contributed by atoms with Gasteiger partial charge in [-0.05, 0) is 83.3 Å². The number of primary amides is 1. The van der Waals surface area contributed by atoms with E-state index in [0.29, 0.717) is 32.2 Å². The summed E-state index contributed by atoms with van der Waals surface area (Å²) in [6, 6.07) is 5.07. The van der Waals surface area contributed by atoms with E-state index in [2.05, 4.69) is 10.6 Å². The maximum absolute atomic E-state index is 13.0. The third-order valence-electron chi connectivity index (χ3n) is 7.24. The van der Waals surface area contributed by atoms with Crippen molar-refractivity contribution in [3.05, 3.63) is 29.8 Å². The molecule has 0 bridgehead atoms. The van der Waals surface area contributed by atoms with E-state index in [0.717, 1.165) is 11.0 Å². The Morgan fingerprint density at radius 2 is 1.47 bits per heavy atom. The summed E-state index contributed by atoms with van der Waals surface area (Å²) in [5.74, 6) is -1.37. The van der Waals surface area contributed by atoms with E-state index in [9.17, 15) is 14.4 Å². The predicted octanol–water partition coefficient (Wildman–Crippen LogP) is 0.486. The molecule has 0 unspecified atom stereocenters. The van der Waals surface area contributed by atoms with E-state index >= 15 is 0 Å². The summed E-state index contributed by atoms with van der Waals surface area (Å²) in [5, 5.41) is 5.45. The fraction of sp³-hybridized carbons (Fsp3) is 0.667. The van der Waals surface area contributed by atoms with Gasteiger partial charge in [0.1, 0.15) is 12.1 Å². The summed E-state index contributed by atoms with van der Waals surface area (Å²) in [5.41, 5.74) is 18.2. The number of nitrogens with two attached hydrogens (primary N) is 3. The first-order chi connectivity index (χ1) is 17.7. The molecule has 1 heterocycles. The van der Waals surface area contributed by atoms with Crippen molar-refractivity contribution in [1.29, 1.82) is 0 Å². The zero-order chi connectivity index (χ0) is 28.7. The molecule has 2 rings (SSSR count). The van der Waals surface area contributed by atoms with E-state index in [1.54, 1.807) is 0 Å². The second kappa shape index (κ2) is 13.6. The number of hydrogen-bond donors (Lipinski definition) is 5. The number of rotatable bonds is 14. The van der Waals surface area contributed by atoms with Gasteiger partial charge in [-0.1, -0.05) is 38.1 Å². The SMILES string of the molecule is CC(C)C[C@H](NC(=O)[C@H](CCCCN)NC(=O)[C@@H](N)Cc1ccc(B2OC(C)(C)C(C)(C)O2)cc1)C(N)=O. The van der Waals surface area contributed by atoms with Crippen LogP contribution in [0.5, 0.6) is 0 Å². The molecule has 10 nitrogen and oxygen atoms in total. The summed E-state index contributed by atoms with van der Waals surface area (Å²) in [6.07, 6.45) is 2.40. The number of unbranched alkanes of at least 4 members (excludes halogenated alkanes) is 1. The zero-order valence-corrected chi connectivity index (χ0v) is 23.7. The van der Waals surface area contributed by atoms with Crippen LogP contribution in [0.4, 0.5) is 0 Å². The minimum absolute atomic E-state index is 0.155. The predicted molar refractivity (Wildman–Crippen MR) is 149 cm³/mol. The third kappa shape index (κ3) is 8.79. The van der Waals surface area contributed by atoms with Gasteiger partial charge in [-0.2, -0.15) is 0 Å². The van der Waals surface area contributed by atoms with Gasteiger partial charge in [0.2, 0.25) is 17.7 Å². The smallest absolute Gasteiger partial charge is 0.399 e. The van der Waals surface area contributed by atoms with Crippen LogP contribution >= 0.6 is 0 Å². The molecular formula is C27H46BN5O5. The van der Waals surface area contributed by atoms with Gasteiger partial charge in [0.05, 0.1) is 17.2 Å². The van der Waals surface area contributed by atoms with Gasteiger partial charge in [-0.25, -0.2) is 0 Å². The van der Waals surface area contributed by atoms with E-state index < -0.39 is 54.2 Å². The van der Waals surface area contributed by atoms with Crippen molar-refractivity contribution in [1.82, 2.24) is 10.6 Å². The molecule has 38 heavy (non-hydrogen) atoms. The van der Waals surface area contributed by atoms with Crippen molar-refractivity contribution in [3.63, 3.8) is 0 Å². The van der Waals surface area contributed by atoms with Crippen LogP contribution in [-0.2, 0) is 30.1 Å². The van der Waals surface area contributed by atoms with Gasteiger partial charge in [0.15, 0.2) is 0 Å². The Bertz CT molecular complexity index is 938. The standard InChI is InChI=1S/C27H46BN5O5/c1-17(2)15-22(23(31)34)33-25(36)21(9-7-8-14-29)32-24(35)20(30)16-18-10-12-19(13-11-18)28-37-26(3,4)27(5,6)38-28/h10-13,17,20-22H,7-9,14-16,29-30H2,1-6H3,(H2,31,34)(H,32,35)(H,33,36)/t20-,21-,22-/m0/s1. The number of benzene rings is 1. The first kappa shape index (κ1) is 31.8. The molecule has 0 aliphatic carbocycles. The maximum Gasteiger partial charge on any atom is 0.494 e. The van der Waals surface area contributed by atoms with Crippen molar-refractivity contribution in [3.8, 4) is 0 Å². The molecule has 8 N–H and O–H groups in total. The van der Waals surface area contributed by atoms with Gasteiger partial charge in [-0.15, -0.1) is 0 Å². The van der Waals surface area contributed by atoms with Crippen LogP contribution in [0.2, 0.25) is 0 Å². The van der Waals surface area contributed by atoms with E-state index in [-0.39, 0.29) is 12.3 Å². The van der Waals surface area contributed by atoms with Gasteiger partial charge in [0.25, 0.3) is 0 Å². The Morgan fingerprint density at radius 3 is 1.97 bits per heavy atom. The molecule has 1 aromatic rings. The lowest BCUT2D eigenvalue weighted by Crippen LogP contribution is -2.55. The van der Waals surface area contributed by atoms with Crippen LogP contribution in [0.25, 0.3) is 0 Å². The van der Waals surface area contributed by atoms with Crippen LogP contribution in [0.1, 0.15) is 72.8 Å². The van der Waals surface area contributed by atoms with Crippen molar-refractivity contribution >= 4 is 30.3 Å². The molecule has 11 heteroatoms. The van der Waals surface area contributed by atoms with Gasteiger partial charge < -0.3 is 37.1 Å². The fourth-order valence-electron chi connectivity index (χ4n) is 4.17. The molecule has 3 atom stereocenters. The highest BCUT2D eigenvalue weighted by Crippen LogP contribution is 2.36. The second-order valence-corrected chi connectivity index (χ2v) is 11.6. The molecule has 1 aliphatic rings. The number of nitrogens with one attached hydrogen (secondary N) is 2. The minimum Gasteiger partial charge on any atom is -0.399 e. The highest BCUT2D eigenvalue weighted by molar-refractivity contribution is 6.62. The molecule has 3 amide bonds. The van der Waals surface area contributed by atoms with Gasteiger partial charge in [0, 0.05) is 0 Å². The molecule has 1 saturated heterocycles. The minimum atomic E-state index is -0.870. The van der Waals surface area contributed by atoms with Crippen LogP contribution in [0.3, 0.4) is 0 Å². The van der Waals surface area contributed by atoms with E-state index in [4.69, 9.17) is 26.5 Å². The average Bonchev–Trinajstić information content (AvgIpc) is 3.04. The summed E-state index contributed by atoms with van der Waals surface area (Å²) in [6.45, 7) is 12.3. The third-order valence-corrected chi connectivity index (χ3v) is 7.24. The molecule has 0 spiro atoms. The molecule has 0 aromatic heterocycles. The Labute approximate surface area is 227 Å². The highest BCUT2D eigenvalue weighted by atomic mass is 16.7. The Hall–Kier alpha value is -2.47. The summed E-state index contributed by atoms with van der Waals surface area (Å²) in [7, 11) is -0.473. The van der Waals surface area contributed by atoms with Crippen LogP contribution in [-0.4, -0.2) is 60.7 Å². The Kier molecular flexibility index (Phi) is 11.3. The van der Waals surface area contributed by atoms with Crippen molar-refractivity contribution in [2.45, 2.75) is 103 Å². The van der Waals surface area contributed by atoms with E-state index in [1.165, 1.54) is 0 Å². The highest BCUT2D eigenvalue weighted by Gasteiger charge is 2.51. The molecule has 1 aromatic carbocycles. The first-order valence-electron chi connectivity index (χ1n) is 13.5. The first-order valence-corrected chi connectivity index (χ1v) is 13.5. The number of carbonyl (C=O) groups excluding carboxylic acids is 3. The lowest BCUT2D eigenvalue weighted by molar-refractivity contribution is -0.132. The topological polar surface area (TPSA) is 172 Å². The zero-order valence-electron chi connectivity index (χ0n) is 23.7. The monoisotopic (exact) mass is 531 g/mol. The van der Waals surface area contributed by atoms with Crippen molar-refractivity contribution in [2.24, 2.45) is 23.1 Å². The van der Waals surface area contributed by atoms with Gasteiger partial charge >= 0.3 is 7.12 Å². The summed E-state index contributed by atoms with van der Waals surface area (Å²) >= 11 is 0. The molecule has 212 valence electrons. The van der Waals surface area contributed by atoms with Crippen LogP contribution in [0, 0.1) is 5.92 Å². The van der Waals surface area contributed by atoms with E-state index in [1.807, 2.05) is 65.8 Å². The lowest BCUT2D eigenvalue weighted by Gasteiger charge is -2.32. The quantitative estimate of drug-likeness (QED) is 0.172. The second-order valence-electron chi connectivity index (χ2n) is 11.6. The normalized spacial score (nSPS) is 18.6. The molecule has 1 fully saturated rings. The summed E-state index contributed by atoms with van der Waals surface area (Å²) in [4.78, 5) is 37.7. The Morgan fingerprint density at radius 1 is 0.921 bits per heavy atom. The van der Waals surface area contributed by atoms with Gasteiger partial charge in [-0.3, -0.25) is 14.4 Å². The van der Waals surface area contributed by atoms with Crippen molar-refractivity contribution in [2.75, 3.05) is 6.54 Å². The Balaban J connectivity index is 2.02. The van der Waals surface area contributed by atoms with Crippen molar-refractivity contribution < 1.29 is 23.7 Å². The fourth-order valence-corrected chi connectivity index (χ4v) is 4.17. The largest absolute Gasteiger partial charge is 0.494 e. The van der Waals surface area contributed by atoms with Crippen LogP contribution < -0.4 is 33.3 Å². The molecule has 0 saturated carbocycles. The molecule has 1 aliphatic heterocycles.